The van der Waals surface area contributed by atoms with Gasteiger partial charge in [0.2, 0.25) is 11.3 Å². The van der Waals surface area contributed by atoms with Gasteiger partial charge in [0.05, 0.1) is 12.1 Å². The van der Waals surface area contributed by atoms with E-state index in [-0.39, 0.29) is 12.1 Å². The molecule has 1 saturated carbocycles. The monoisotopic (exact) mass is 466 g/mol. The molecule has 1 unspecified atom stereocenters. The number of halogens is 2. The molecule has 4 rings (SSSR count). The van der Waals surface area contributed by atoms with Crippen LogP contribution >= 0.6 is 23.2 Å². The Bertz CT molecular complexity index is 805. The zero-order valence-electron chi connectivity index (χ0n) is 16.9. The fourth-order valence-electron chi connectivity index (χ4n) is 4.75. The Labute approximate surface area is 191 Å². The number of hydrogen-bond donors (Lipinski definition) is 1. The van der Waals surface area contributed by atoms with E-state index in [0.717, 1.165) is 24.2 Å². The van der Waals surface area contributed by atoms with Gasteiger partial charge in [-0.05, 0) is 54.2 Å². The van der Waals surface area contributed by atoms with Crippen LogP contribution in [-0.4, -0.2) is 43.6 Å². The van der Waals surface area contributed by atoms with E-state index in [1.54, 1.807) is 4.31 Å². The molecule has 4 nitrogen and oxygen atoms in total. The molecule has 1 heterocycles. The van der Waals surface area contributed by atoms with E-state index in [9.17, 15) is 8.76 Å². The van der Waals surface area contributed by atoms with Gasteiger partial charge >= 0.3 is 0 Å². The Morgan fingerprint density at radius 3 is 1.90 bits per heavy atom. The van der Waals surface area contributed by atoms with Crippen LogP contribution in [0.1, 0.15) is 49.3 Å². The molecule has 30 heavy (non-hydrogen) atoms. The van der Waals surface area contributed by atoms with Crippen molar-refractivity contribution in [1.82, 2.24) is 9.21 Å². The van der Waals surface area contributed by atoms with Gasteiger partial charge in [0.15, 0.2) is 0 Å². The lowest BCUT2D eigenvalue weighted by molar-refractivity contribution is 0.0447. The predicted octanol–water partition coefficient (Wildman–Crippen LogP) is 5.79. The minimum atomic E-state index is -1.94. The first kappa shape index (κ1) is 22.3. The molecule has 1 aliphatic heterocycles. The third-order valence-corrected chi connectivity index (χ3v) is 7.75. The summed E-state index contributed by atoms with van der Waals surface area (Å²) in [6, 6.07) is 16.0. The number of rotatable bonds is 7. The van der Waals surface area contributed by atoms with Crippen molar-refractivity contribution in [1.29, 1.82) is 0 Å². The minimum absolute atomic E-state index is 0.0689. The third-order valence-electron chi connectivity index (χ3n) is 6.40. The molecule has 0 radical (unpaired) electrons. The van der Waals surface area contributed by atoms with Crippen LogP contribution in [0.4, 0.5) is 0 Å². The Balaban J connectivity index is 1.49. The van der Waals surface area contributed by atoms with Crippen molar-refractivity contribution in [2.75, 3.05) is 19.6 Å². The fraction of sp³-hybridized carbons (Fsp3) is 0.478. The van der Waals surface area contributed by atoms with Gasteiger partial charge in [-0.2, -0.15) is 4.31 Å². The number of likely N-dealkylation sites (tertiary alicyclic amines) is 1. The minimum Gasteiger partial charge on any atom is -0.294 e. The zero-order chi connectivity index (χ0) is 21.1. The average Bonchev–Trinajstić information content (AvgIpc) is 2.71. The van der Waals surface area contributed by atoms with Crippen LogP contribution in [0.15, 0.2) is 48.5 Å². The Morgan fingerprint density at radius 2 is 1.43 bits per heavy atom. The summed E-state index contributed by atoms with van der Waals surface area (Å²) in [5, 5.41) is 1.42. The molecular formula is C23H28Cl2N2O2S. The summed E-state index contributed by atoms with van der Waals surface area (Å²) in [5.41, 5.74) is 2.31. The van der Waals surface area contributed by atoms with Crippen LogP contribution < -0.4 is 0 Å². The highest BCUT2D eigenvalue weighted by Gasteiger charge is 2.40. The van der Waals surface area contributed by atoms with Crippen LogP contribution in [-0.2, 0) is 11.3 Å². The van der Waals surface area contributed by atoms with Crippen molar-refractivity contribution in [3.8, 4) is 0 Å². The fourth-order valence-corrected chi connectivity index (χ4v) is 5.73. The van der Waals surface area contributed by atoms with Crippen LogP contribution in [0.3, 0.4) is 0 Å². The van der Waals surface area contributed by atoms with E-state index in [2.05, 4.69) is 29.2 Å². The quantitative estimate of drug-likeness (QED) is 0.525. The molecule has 7 heteroatoms. The molecule has 1 N–H and O–H groups in total. The molecule has 2 fully saturated rings. The first-order valence-electron chi connectivity index (χ1n) is 10.6. The molecule has 0 aromatic heterocycles. The van der Waals surface area contributed by atoms with Crippen molar-refractivity contribution in [2.24, 2.45) is 5.92 Å². The van der Waals surface area contributed by atoms with Gasteiger partial charge in [-0.15, -0.1) is 0 Å². The van der Waals surface area contributed by atoms with E-state index in [1.165, 1.54) is 32.1 Å². The topological polar surface area (TPSA) is 43.8 Å². The SMILES string of the molecule is O=S(O)N(CC1CCCCC1)C1CN(C(c2ccc(Cl)cc2)c2ccc(Cl)cc2)C1. The largest absolute Gasteiger partial charge is 0.294 e. The van der Waals surface area contributed by atoms with Gasteiger partial charge in [-0.25, -0.2) is 4.21 Å². The standard InChI is InChI=1S/C23H28Cl2N2O2S/c24-20-10-6-18(7-11-20)23(19-8-12-21(25)13-9-19)26-15-22(16-26)27(30(28)29)14-17-4-2-1-3-5-17/h6-13,17,22-23H,1-5,14-16H2,(H,28,29). The average molecular weight is 467 g/mol. The molecular weight excluding hydrogens is 439 g/mol. The smallest absolute Gasteiger partial charge is 0.234 e. The Hall–Kier alpha value is -0.950. The highest BCUT2D eigenvalue weighted by Crippen LogP contribution is 2.36. The van der Waals surface area contributed by atoms with Crippen LogP contribution in [0.2, 0.25) is 10.0 Å². The first-order valence-corrected chi connectivity index (χ1v) is 12.5. The summed E-state index contributed by atoms with van der Waals surface area (Å²) >= 11 is 10.3. The third kappa shape index (κ3) is 5.26. The molecule has 162 valence electrons. The molecule has 2 aromatic carbocycles. The van der Waals surface area contributed by atoms with Crippen LogP contribution in [0.5, 0.6) is 0 Å². The summed E-state index contributed by atoms with van der Waals surface area (Å²) in [6.45, 7) is 2.23. The second-order valence-corrected chi connectivity index (χ2v) is 10.3. The van der Waals surface area contributed by atoms with Crippen molar-refractivity contribution >= 4 is 34.5 Å². The van der Waals surface area contributed by atoms with Gasteiger partial charge in [0, 0.05) is 29.7 Å². The number of benzene rings is 2. The summed E-state index contributed by atoms with van der Waals surface area (Å²) in [4.78, 5) is 2.36. The predicted molar refractivity (Wildman–Crippen MR) is 124 cm³/mol. The summed E-state index contributed by atoms with van der Waals surface area (Å²) < 4.78 is 23.8. The Morgan fingerprint density at radius 1 is 0.933 bits per heavy atom. The van der Waals surface area contributed by atoms with Gasteiger partial charge in [-0.1, -0.05) is 66.7 Å². The van der Waals surface area contributed by atoms with Gasteiger partial charge < -0.3 is 0 Å². The lowest BCUT2D eigenvalue weighted by atomic mass is 9.88. The molecule has 2 aromatic rings. The first-order chi connectivity index (χ1) is 14.5. The number of nitrogens with zero attached hydrogens (tertiary/aromatic N) is 2. The molecule has 1 aliphatic carbocycles. The summed E-state index contributed by atoms with van der Waals surface area (Å²) in [7, 11) is 0. The summed E-state index contributed by atoms with van der Waals surface area (Å²) in [5.74, 6) is 0.534. The number of hydrogen-bond acceptors (Lipinski definition) is 2. The van der Waals surface area contributed by atoms with Crippen molar-refractivity contribution < 1.29 is 8.76 Å². The van der Waals surface area contributed by atoms with E-state index < -0.39 is 11.3 Å². The molecule has 0 bridgehead atoms. The highest BCUT2D eigenvalue weighted by atomic mass is 35.5. The molecule has 0 amide bonds. The lowest BCUT2D eigenvalue weighted by Crippen LogP contribution is -2.61. The maximum absolute atomic E-state index is 12.1. The van der Waals surface area contributed by atoms with Crippen molar-refractivity contribution in [3.05, 3.63) is 69.7 Å². The molecule has 1 atom stereocenters. The van der Waals surface area contributed by atoms with Crippen LogP contribution in [0.25, 0.3) is 0 Å². The van der Waals surface area contributed by atoms with Crippen LogP contribution in [0, 0.1) is 5.92 Å². The molecule has 0 spiro atoms. The van der Waals surface area contributed by atoms with Crippen molar-refractivity contribution in [2.45, 2.75) is 44.2 Å². The van der Waals surface area contributed by atoms with Crippen molar-refractivity contribution in [3.63, 3.8) is 0 Å². The highest BCUT2D eigenvalue weighted by molar-refractivity contribution is 7.76. The maximum atomic E-state index is 12.1. The second kappa shape index (κ2) is 10.1. The molecule has 2 aliphatic rings. The van der Waals surface area contributed by atoms with Gasteiger partial charge in [0.1, 0.15) is 0 Å². The summed E-state index contributed by atoms with van der Waals surface area (Å²) in [6.07, 6.45) is 6.11. The van der Waals surface area contributed by atoms with E-state index >= 15 is 0 Å². The lowest BCUT2D eigenvalue weighted by Gasteiger charge is -2.48. The maximum Gasteiger partial charge on any atom is 0.234 e. The van der Waals surface area contributed by atoms with Gasteiger partial charge in [-0.3, -0.25) is 9.45 Å². The van der Waals surface area contributed by atoms with E-state index in [4.69, 9.17) is 23.2 Å². The van der Waals surface area contributed by atoms with Gasteiger partial charge in [0.25, 0.3) is 0 Å². The van der Waals surface area contributed by atoms with E-state index in [1.807, 2.05) is 24.3 Å². The van der Waals surface area contributed by atoms with E-state index in [0.29, 0.717) is 22.5 Å². The Kier molecular flexibility index (Phi) is 7.50. The zero-order valence-corrected chi connectivity index (χ0v) is 19.3. The second-order valence-electron chi connectivity index (χ2n) is 8.45. The molecule has 1 saturated heterocycles. The normalized spacial score (nSPS) is 19.9.